The number of para-hydroxylation sites is 1. The van der Waals surface area contributed by atoms with E-state index in [-0.39, 0.29) is 18.4 Å². The summed E-state index contributed by atoms with van der Waals surface area (Å²) in [6, 6.07) is 16.0. The zero-order chi connectivity index (χ0) is 22.2. The van der Waals surface area contributed by atoms with Gasteiger partial charge in [0, 0.05) is 24.5 Å². The molecular formula is C23H27N5O3. The lowest BCUT2D eigenvalue weighted by Crippen LogP contribution is -2.43. The minimum absolute atomic E-state index is 0.0553. The van der Waals surface area contributed by atoms with Gasteiger partial charge in [-0.1, -0.05) is 12.1 Å². The van der Waals surface area contributed by atoms with Crippen molar-refractivity contribution >= 4 is 28.9 Å². The molecule has 8 nitrogen and oxygen atoms in total. The zero-order valence-electron chi connectivity index (χ0n) is 17.8. The number of hydrogen-bond acceptors (Lipinski definition) is 6. The van der Waals surface area contributed by atoms with Gasteiger partial charge < -0.3 is 20.3 Å². The number of carbonyl (C=O) groups excluding carboxylic acids is 2. The Labute approximate surface area is 182 Å². The fraction of sp³-hybridized carbons (Fsp3) is 0.348. The van der Waals surface area contributed by atoms with Gasteiger partial charge in [-0.05, 0) is 50.4 Å². The van der Waals surface area contributed by atoms with Crippen LogP contribution in [0.5, 0.6) is 0 Å². The van der Waals surface area contributed by atoms with E-state index >= 15 is 0 Å². The molecule has 0 unspecified atom stereocenters. The largest absolute Gasteiger partial charge is 0.378 e. The third-order valence-corrected chi connectivity index (χ3v) is 5.27. The summed E-state index contributed by atoms with van der Waals surface area (Å²) in [5, 5.41) is 14.8. The van der Waals surface area contributed by atoms with Crippen LogP contribution in [0.25, 0.3) is 0 Å². The molecule has 0 aliphatic carbocycles. The summed E-state index contributed by atoms with van der Waals surface area (Å²) < 4.78 is 5.37. The van der Waals surface area contributed by atoms with E-state index in [0.29, 0.717) is 16.9 Å². The summed E-state index contributed by atoms with van der Waals surface area (Å²) in [5.74, 6) is -0.494. The van der Waals surface area contributed by atoms with Crippen LogP contribution in [-0.2, 0) is 14.3 Å². The highest BCUT2D eigenvalue weighted by molar-refractivity contribution is 5.97. The van der Waals surface area contributed by atoms with Gasteiger partial charge in [-0.15, -0.1) is 0 Å². The number of nitrogens with one attached hydrogen (secondary N) is 2. The second-order valence-electron chi connectivity index (χ2n) is 7.43. The third kappa shape index (κ3) is 6.04. The number of morpholine rings is 1. The molecule has 1 saturated heterocycles. The lowest BCUT2D eigenvalue weighted by Gasteiger charge is -2.29. The second-order valence-corrected chi connectivity index (χ2v) is 7.43. The van der Waals surface area contributed by atoms with Crippen LogP contribution in [0.15, 0.2) is 48.5 Å². The van der Waals surface area contributed by atoms with Crippen LogP contribution < -0.4 is 15.5 Å². The van der Waals surface area contributed by atoms with Crippen LogP contribution in [0.2, 0.25) is 0 Å². The predicted molar refractivity (Wildman–Crippen MR) is 120 cm³/mol. The fourth-order valence-electron chi connectivity index (χ4n) is 3.27. The number of rotatable bonds is 7. The molecule has 2 N–H and O–H groups in total. The van der Waals surface area contributed by atoms with Gasteiger partial charge >= 0.3 is 0 Å². The highest BCUT2D eigenvalue weighted by Crippen LogP contribution is 2.19. The van der Waals surface area contributed by atoms with Crippen molar-refractivity contribution in [3.63, 3.8) is 0 Å². The van der Waals surface area contributed by atoms with E-state index in [0.717, 1.165) is 32.0 Å². The van der Waals surface area contributed by atoms with E-state index in [2.05, 4.69) is 21.6 Å². The first-order chi connectivity index (χ1) is 15.0. The first kappa shape index (κ1) is 22.3. The zero-order valence-corrected chi connectivity index (χ0v) is 17.8. The first-order valence-corrected chi connectivity index (χ1v) is 10.2. The predicted octanol–water partition coefficient (Wildman–Crippen LogP) is 2.29. The molecule has 1 aliphatic heterocycles. The Hall–Kier alpha value is -3.41. The normalized spacial score (nSPS) is 14.6. The van der Waals surface area contributed by atoms with Crippen LogP contribution in [0, 0.1) is 11.3 Å². The average Bonchev–Trinajstić information content (AvgIpc) is 2.79. The number of anilines is 3. The third-order valence-electron chi connectivity index (χ3n) is 5.27. The summed E-state index contributed by atoms with van der Waals surface area (Å²) in [7, 11) is 1.71. The van der Waals surface area contributed by atoms with Crippen molar-refractivity contribution in [3.8, 4) is 6.07 Å². The van der Waals surface area contributed by atoms with Crippen molar-refractivity contribution < 1.29 is 14.3 Å². The van der Waals surface area contributed by atoms with Crippen LogP contribution in [0.4, 0.5) is 17.1 Å². The van der Waals surface area contributed by atoms with Gasteiger partial charge in [-0.25, -0.2) is 0 Å². The minimum Gasteiger partial charge on any atom is -0.378 e. The van der Waals surface area contributed by atoms with Crippen LogP contribution >= 0.6 is 0 Å². The molecule has 162 valence electrons. The molecule has 0 aromatic heterocycles. The highest BCUT2D eigenvalue weighted by Gasteiger charge is 2.21. The van der Waals surface area contributed by atoms with E-state index < -0.39 is 6.04 Å². The SMILES string of the molecule is C[C@@H](C(=O)Nc1ccccc1C#N)N(C)CC(=O)Nc1ccc(N2CCOCC2)cc1. The number of hydrogen-bond donors (Lipinski definition) is 2. The van der Waals surface area contributed by atoms with Crippen LogP contribution in [0.1, 0.15) is 12.5 Å². The molecule has 1 aliphatic rings. The molecule has 1 atom stereocenters. The molecule has 1 fully saturated rings. The van der Waals surface area contributed by atoms with Gasteiger partial charge in [-0.3, -0.25) is 14.5 Å². The van der Waals surface area contributed by atoms with Crippen molar-refractivity contribution in [2.24, 2.45) is 0 Å². The number of nitrogens with zero attached hydrogens (tertiary/aromatic N) is 3. The monoisotopic (exact) mass is 421 g/mol. The van der Waals surface area contributed by atoms with Gasteiger partial charge in [0.2, 0.25) is 11.8 Å². The average molecular weight is 422 g/mol. The van der Waals surface area contributed by atoms with Crippen molar-refractivity contribution in [1.82, 2.24) is 4.90 Å². The van der Waals surface area contributed by atoms with Crippen molar-refractivity contribution in [3.05, 3.63) is 54.1 Å². The quantitative estimate of drug-likeness (QED) is 0.712. The summed E-state index contributed by atoms with van der Waals surface area (Å²) in [6.45, 7) is 4.93. The maximum Gasteiger partial charge on any atom is 0.241 e. The fourth-order valence-corrected chi connectivity index (χ4v) is 3.27. The van der Waals surface area contributed by atoms with Crippen molar-refractivity contribution in [1.29, 1.82) is 5.26 Å². The number of carbonyl (C=O) groups is 2. The Morgan fingerprint density at radius 3 is 2.48 bits per heavy atom. The molecule has 2 amide bonds. The maximum absolute atomic E-state index is 12.5. The Morgan fingerprint density at radius 2 is 1.81 bits per heavy atom. The Balaban J connectivity index is 1.51. The van der Waals surface area contributed by atoms with Gasteiger partial charge in [0.15, 0.2) is 0 Å². The Kier molecular flexibility index (Phi) is 7.60. The topological polar surface area (TPSA) is 97.7 Å². The standard InChI is InChI=1S/C23H27N5O3/c1-17(23(30)26-21-6-4-3-5-18(21)15-24)27(2)16-22(29)25-19-7-9-20(10-8-19)28-11-13-31-14-12-28/h3-10,17H,11-14,16H2,1-2H3,(H,25,29)(H,26,30)/t17-/m0/s1. The van der Waals surface area contributed by atoms with Crippen LogP contribution in [0.3, 0.4) is 0 Å². The van der Waals surface area contributed by atoms with E-state index in [1.165, 1.54) is 0 Å². The van der Waals surface area contributed by atoms with E-state index in [9.17, 15) is 9.59 Å². The van der Waals surface area contributed by atoms with Gasteiger partial charge in [0.05, 0.1) is 37.1 Å². The summed E-state index contributed by atoms with van der Waals surface area (Å²) in [6.07, 6.45) is 0. The maximum atomic E-state index is 12.5. The summed E-state index contributed by atoms with van der Waals surface area (Å²) in [5.41, 5.74) is 2.65. The number of amides is 2. The lowest BCUT2D eigenvalue weighted by atomic mass is 10.2. The Morgan fingerprint density at radius 1 is 1.13 bits per heavy atom. The number of nitriles is 1. The molecule has 2 aromatic carbocycles. The molecule has 0 radical (unpaired) electrons. The molecule has 31 heavy (non-hydrogen) atoms. The van der Waals surface area contributed by atoms with Gasteiger partial charge in [0.1, 0.15) is 6.07 Å². The summed E-state index contributed by atoms with van der Waals surface area (Å²) >= 11 is 0. The molecule has 0 bridgehead atoms. The smallest absolute Gasteiger partial charge is 0.241 e. The molecule has 8 heteroatoms. The molecular weight excluding hydrogens is 394 g/mol. The minimum atomic E-state index is -0.554. The van der Waals surface area contributed by atoms with Gasteiger partial charge in [-0.2, -0.15) is 5.26 Å². The molecule has 2 aromatic rings. The first-order valence-electron chi connectivity index (χ1n) is 10.2. The number of ether oxygens (including phenoxy) is 1. The Bertz CT molecular complexity index is 948. The summed E-state index contributed by atoms with van der Waals surface area (Å²) in [4.78, 5) is 28.9. The van der Waals surface area contributed by atoms with Crippen LogP contribution in [-0.4, -0.2) is 62.7 Å². The van der Waals surface area contributed by atoms with Gasteiger partial charge in [0.25, 0.3) is 0 Å². The van der Waals surface area contributed by atoms with E-state index in [4.69, 9.17) is 10.00 Å². The number of likely N-dealkylation sites (N-methyl/N-ethyl adjacent to an activating group) is 1. The molecule has 3 rings (SSSR count). The lowest BCUT2D eigenvalue weighted by molar-refractivity contribution is -0.122. The van der Waals surface area contributed by atoms with Crippen molar-refractivity contribution in [2.75, 3.05) is 55.4 Å². The number of benzene rings is 2. The molecule has 0 saturated carbocycles. The van der Waals surface area contributed by atoms with Crippen molar-refractivity contribution in [2.45, 2.75) is 13.0 Å². The van der Waals surface area contributed by atoms with E-state index in [1.807, 2.05) is 24.3 Å². The molecule has 0 spiro atoms. The highest BCUT2D eigenvalue weighted by atomic mass is 16.5. The van der Waals surface area contributed by atoms with E-state index in [1.54, 1.807) is 43.1 Å². The molecule has 1 heterocycles. The second kappa shape index (κ2) is 10.6.